The van der Waals surface area contributed by atoms with E-state index < -0.39 is 0 Å². The fourth-order valence-corrected chi connectivity index (χ4v) is 3.28. The minimum Gasteiger partial charge on any atom is -0.307 e. The van der Waals surface area contributed by atoms with Crippen LogP contribution in [0, 0.1) is 0 Å². The first kappa shape index (κ1) is 14.3. The molecular formula is C16H24N4O. The molecule has 5 heteroatoms. The molecule has 2 heterocycles. The SMILES string of the molecule is CCCCc1nc(CC)c2c(=O)[nH]c(C3CCCC3)nn12. The van der Waals surface area contributed by atoms with Gasteiger partial charge >= 0.3 is 0 Å². The van der Waals surface area contributed by atoms with Crippen molar-refractivity contribution in [1.82, 2.24) is 19.6 Å². The highest BCUT2D eigenvalue weighted by Gasteiger charge is 2.22. The number of unbranched alkanes of at least 4 members (excludes halogenated alkanes) is 1. The minimum atomic E-state index is -0.0287. The predicted molar refractivity (Wildman–Crippen MR) is 82.8 cm³/mol. The van der Waals surface area contributed by atoms with E-state index in [9.17, 15) is 4.79 Å². The summed E-state index contributed by atoms with van der Waals surface area (Å²) in [5.41, 5.74) is 1.48. The average molecular weight is 288 g/mol. The Labute approximate surface area is 124 Å². The highest BCUT2D eigenvalue weighted by atomic mass is 16.1. The first-order chi connectivity index (χ1) is 10.2. The fourth-order valence-electron chi connectivity index (χ4n) is 3.28. The fraction of sp³-hybridized carbons (Fsp3) is 0.688. The lowest BCUT2D eigenvalue weighted by atomic mass is 10.1. The molecule has 0 radical (unpaired) electrons. The lowest BCUT2D eigenvalue weighted by Gasteiger charge is -2.09. The van der Waals surface area contributed by atoms with E-state index in [1.807, 2.05) is 11.4 Å². The zero-order valence-electron chi connectivity index (χ0n) is 13.0. The topological polar surface area (TPSA) is 63.0 Å². The molecule has 0 unspecified atom stereocenters. The third kappa shape index (κ3) is 2.61. The first-order valence-electron chi connectivity index (χ1n) is 8.25. The number of hydrogen-bond acceptors (Lipinski definition) is 3. The van der Waals surface area contributed by atoms with E-state index in [-0.39, 0.29) is 5.56 Å². The largest absolute Gasteiger partial charge is 0.307 e. The lowest BCUT2D eigenvalue weighted by molar-refractivity contribution is 0.621. The summed E-state index contributed by atoms with van der Waals surface area (Å²) in [6.07, 6.45) is 8.59. The Bertz CT molecular complexity index is 679. The molecule has 1 aliphatic carbocycles. The van der Waals surface area contributed by atoms with Crippen molar-refractivity contribution in [1.29, 1.82) is 0 Å². The number of nitrogens with one attached hydrogen (secondary N) is 1. The number of imidazole rings is 1. The summed E-state index contributed by atoms with van der Waals surface area (Å²) in [7, 11) is 0. The van der Waals surface area contributed by atoms with Crippen molar-refractivity contribution in [2.45, 2.75) is 71.1 Å². The van der Waals surface area contributed by atoms with Crippen LogP contribution in [-0.2, 0) is 12.8 Å². The number of nitrogens with zero attached hydrogens (tertiary/aromatic N) is 3. The maximum absolute atomic E-state index is 12.5. The second-order valence-electron chi connectivity index (χ2n) is 6.01. The third-order valence-corrected chi connectivity index (χ3v) is 4.49. The van der Waals surface area contributed by atoms with Crippen LogP contribution in [0.15, 0.2) is 4.79 Å². The van der Waals surface area contributed by atoms with E-state index in [0.717, 1.165) is 55.9 Å². The van der Waals surface area contributed by atoms with E-state index in [1.54, 1.807) is 0 Å². The van der Waals surface area contributed by atoms with Crippen molar-refractivity contribution < 1.29 is 0 Å². The van der Waals surface area contributed by atoms with Crippen LogP contribution in [0.1, 0.15) is 75.6 Å². The quantitative estimate of drug-likeness (QED) is 0.920. The number of aromatic amines is 1. The highest BCUT2D eigenvalue weighted by Crippen LogP contribution is 2.31. The Morgan fingerprint density at radius 3 is 2.71 bits per heavy atom. The smallest absolute Gasteiger partial charge is 0.277 e. The van der Waals surface area contributed by atoms with Gasteiger partial charge in [0.05, 0.1) is 5.69 Å². The summed E-state index contributed by atoms with van der Waals surface area (Å²) >= 11 is 0. The molecule has 21 heavy (non-hydrogen) atoms. The van der Waals surface area contributed by atoms with E-state index >= 15 is 0 Å². The van der Waals surface area contributed by atoms with Gasteiger partial charge in [0.25, 0.3) is 5.56 Å². The second kappa shape index (κ2) is 6.00. The van der Waals surface area contributed by atoms with Gasteiger partial charge in [-0.2, -0.15) is 5.10 Å². The Balaban J connectivity index is 2.11. The molecule has 0 spiro atoms. The Morgan fingerprint density at radius 1 is 1.29 bits per heavy atom. The monoisotopic (exact) mass is 288 g/mol. The molecule has 1 saturated carbocycles. The van der Waals surface area contributed by atoms with Gasteiger partial charge in [-0.15, -0.1) is 0 Å². The van der Waals surface area contributed by atoms with Gasteiger partial charge in [-0.25, -0.2) is 9.50 Å². The van der Waals surface area contributed by atoms with Gasteiger partial charge < -0.3 is 4.98 Å². The molecule has 3 rings (SSSR count). The van der Waals surface area contributed by atoms with Gasteiger partial charge in [0.15, 0.2) is 5.52 Å². The van der Waals surface area contributed by atoms with Crippen molar-refractivity contribution >= 4 is 5.52 Å². The summed E-state index contributed by atoms with van der Waals surface area (Å²) in [4.78, 5) is 20.1. The Morgan fingerprint density at radius 2 is 2.05 bits per heavy atom. The lowest BCUT2D eigenvalue weighted by Crippen LogP contribution is -2.19. The maximum Gasteiger partial charge on any atom is 0.277 e. The number of aryl methyl sites for hydroxylation is 2. The van der Waals surface area contributed by atoms with Crippen LogP contribution in [0.3, 0.4) is 0 Å². The predicted octanol–water partition coefficient (Wildman–Crippen LogP) is 2.98. The van der Waals surface area contributed by atoms with E-state index in [4.69, 9.17) is 5.10 Å². The zero-order valence-corrected chi connectivity index (χ0v) is 13.0. The number of hydrogen-bond donors (Lipinski definition) is 1. The van der Waals surface area contributed by atoms with Crippen LogP contribution in [0.5, 0.6) is 0 Å². The van der Waals surface area contributed by atoms with Crippen molar-refractivity contribution in [3.63, 3.8) is 0 Å². The van der Waals surface area contributed by atoms with Crippen LogP contribution >= 0.6 is 0 Å². The number of fused-ring (bicyclic) bond motifs is 1. The molecule has 2 aromatic heterocycles. The molecule has 1 N–H and O–H groups in total. The molecule has 114 valence electrons. The number of rotatable bonds is 5. The minimum absolute atomic E-state index is 0.0287. The van der Waals surface area contributed by atoms with Gasteiger partial charge in [0.1, 0.15) is 11.6 Å². The second-order valence-corrected chi connectivity index (χ2v) is 6.01. The van der Waals surface area contributed by atoms with Crippen molar-refractivity contribution in [3.8, 4) is 0 Å². The van der Waals surface area contributed by atoms with Gasteiger partial charge in [0.2, 0.25) is 0 Å². The van der Waals surface area contributed by atoms with Gasteiger partial charge in [-0.05, 0) is 25.7 Å². The van der Waals surface area contributed by atoms with Crippen LogP contribution in [0.2, 0.25) is 0 Å². The van der Waals surface area contributed by atoms with E-state index in [2.05, 4.69) is 16.9 Å². The standard InChI is InChI=1S/C16H24N4O/c1-3-5-10-13-17-12(4-2)14-16(21)18-15(19-20(13)14)11-8-6-7-9-11/h11H,3-10H2,1-2H3,(H,18,19,21). The van der Waals surface area contributed by atoms with Crippen molar-refractivity contribution in [2.24, 2.45) is 0 Å². The average Bonchev–Trinajstić information content (AvgIpc) is 3.12. The molecule has 1 fully saturated rings. The normalized spacial score (nSPS) is 16.1. The van der Waals surface area contributed by atoms with Gasteiger partial charge in [0, 0.05) is 12.3 Å². The Hall–Kier alpha value is -1.65. The molecule has 0 aromatic carbocycles. The summed E-state index contributed by atoms with van der Waals surface area (Å²) in [5, 5.41) is 4.74. The molecule has 0 bridgehead atoms. The summed E-state index contributed by atoms with van der Waals surface area (Å²) in [6.45, 7) is 4.21. The maximum atomic E-state index is 12.5. The zero-order chi connectivity index (χ0) is 14.8. The van der Waals surface area contributed by atoms with Crippen LogP contribution < -0.4 is 5.56 Å². The molecule has 0 atom stereocenters. The number of H-pyrrole nitrogens is 1. The van der Waals surface area contributed by atoms with E-state index in [0.29, 0.717) is 11.4 Å². The highest BCUT2D eigenvalue weighted by molar-refractivity contribution is 5.50. The molecule has 5 nitrogen and oxygen atoms in total. The third-order valence-electron chi connectivity index (χ3n) is 4.49. The molecule has 0 saturated heterocycles. The van der Waals surface area contributed by atoms with Crippen LogP contribution in [0.4, 0.5) is 0 Å². The molecule has 0 amide bonds. The van der Waals surface area contributed by atoms with Crippen LogP contribution in [-0.4, -0.2) is 19.6 Å². The Kier molecular flexibility index (Phi) is 4.08. The first-order valence-corrected chi connectivity index (χ1v) is 8.25. The molecule has 0 aliphatic heterocycles. The molecular weight excluding hydrogens is 264 g/mol. The summed E-state index contributed by atoms with van der Waals surface area (Å²) in [5.74, 6) is 2.20. The summed E-state index contributed by atoms with van der Waals surface area (Å²) in [6, 6.07) is 0. The van der Waals surface area contributed by atoms with Crippen molar-refractivity contribution in [2.75, 3.05) is 0 Å². The van der Waals surface area contributed by atoms with E-state index in [1.165, 1.54) is 12.8 Å². The number of aromatic nitrogens is 4. The van der Waals surface area contributed by atoms with Gasteiger partial charge in [-0.3, -0.25) is 4.79 Å². The van der Waals surface area contributed by atoms with Crippen LogP contribution in [0.25, 0.3) is 5.52 Å². The molecule has 2 aromatic rings. The van der Waals surface area contributed by atoms with Crippen molar-refractivity contribution in [3.05, 3.63) is 27.7 Å². The summed E-state index contributed by atoms with van der Waals surface area (Å²) < 4.78 is 1.82. The van der Waals surface area contributed by atoms with Gasteiger partial charge in [-0.1, -0.05) is 33.1 Å². The molecule has 1 aliphatic rings.